The van der Waals surface area contributed by atoms with Gasteiger partial charge in [-0.3, -0.25) is 0 Å². The van der Waals surface area contributed by atoms with Crippen LogP contribution in [0.25, 0.3) is 0 Å². The Hall–Kier alpha value is -1.05. The van der Waals surface area contributed by atoms with E-state index in [0.717, 1.165) is 37.2 Å². The fraction of sp³-hybridized carbons (Fsp3) is 0.667. The maximum absolute atomic E-state index is 6.41. The Balaban J connectivity index is 1.65. The van der Waals surface area contributed by atoms with Gasteiger partial charge in [-0.15, -0.1) is 0 Å². The zero-order valence-corrected chi connectivity index (χ0v) is 26.0. The van der Waals surface area contributed by atoms with Gasteiger partial charge in [0.15, 0.2) is 12.1 Å². The van der Waals surface area contributed by atoms with Crippen molar-refractivity contribution in [2.45, 2.75) is 102 Å². The molecule has 4 unspecified atom stereocenters. The summed E-state index contributed by atoms with van der Waals surface area (Å²) in [6, 6.07) is 7.93. The molecule has 0 bridgehead atoms. The summed E-state index contributed by atoms with van der Waals surface area (Å²) >= 11 is 2.20. The van der Waals surface area contributed by atoms with E-state index in [9.17, 15) is 0 Å². The van der Waals surface area contributed by atoms with E-state index in [-0.39, 0.29) is 43.6 Å². The highest BCUT2D eigenvalue weighted by Gasteiger charge is 2.41. The first-order valence-corrected chi connectivity index (χ1v) is 15.0. The van der Waals surface area contributed by atoms with Gasteiger partial charge < -0.3 is 37.9 Å². The molecule has 3 rings (SSSR count). The lowest BCUT2D eigenvalue weighted by atomic mass is 10.0. The Morgan fingerprint density at radius 2 is 1.85 bits per heavy atom. The lowest BCUT2D eigenvalue weighted by Crippen LogP contribution is -2.30. The summed E-state index contributed by atoms with van der Waals surface area (Å²) in [5, 5.41) is 0. The Morgan fingerprint density at radius 1 is 1.05 bits per heavy atom. The maximum Gasteiger partial charge on any atom is 0.164 e. The largest absolute Gasteiger partial charge is 0.497 e. The third kappa shape index (κ3) is 11.8. The fourth-order valence-corrected chi connectivity index (χ4v) is 5.12. The summed E-state index contributed by atoms with van der Waals surface area (Å²) in [5.74, 6) is 0.135. The van der Waals surface area contributed by atoms with Crippen LogP contribution in [-0.4, -0.2) is 70.2 Å². The smallest absolute Gasteiger partial charge is 0.164 e. The van der Waals surface area contributed by atoms with Gasteiger partial charge in [0.2, 0.25) is 0 Å². The van der Waals surface area contributed by atoms with Crippen LogP contribution in [-0.2, 0) is 39.8 Å². The number of benzene rings is 1. The molecule has 2 aliphatic heterocycles. The van der Waals surface area contributed by atoms with Crippen molar-refractivity contribution in [3.8, 4) is 5.75 Å². The van der Waals surface area contributed by atoms with E-state index in [1.807, 2.05) is 48.3 Å². The summed E-state index contributed by atoms with van der Waals surface area (Å²) < 4.78 is 49.1. The predicted molar refractivity (Wildman–Crippen MR) is 158 cm³/mol. The second kappa shape index (κ2) is 17.0. The van der Waals surface area contributed by atoms with Crippen molar-refractivity contribution in [3.63, 3.8) is 0 Å². The molecule has 6 atom stereocenters. The van der Waals surface area contributed by atoms with Gasteiger partial charge in [-0.1, -0.05) is 46.9 Å². The highest BCUT2D eigenvalue weighted by atomic mass is 127. The quantitative estimate of drug-likeness (QED) is 0.116. The molecule has 39 heavy (non-hydrogen) atoms. The van der Waals surface area contributed by atoms with Gasteiger partial charge in [0, 0.05) is 26.6 Å². The van der Waals surface area contributed by atoms with Crippen LogP contribution in [0.4, 0.5) is 0 Å². The molecule has 2 fully saturated rings. The first-order chi connectivity index (χ1) is 18.8. The fourth-order valence-electron chi connectivity index (χ4n) is 4.66. The van der Waals surface area contributed by atoms with Crippen LogP contribution in [0, 0.1) is 0 Å². The highest BCUT2D eigenvalue weighted by Crippen LogP contribution is 2.32. The minimum Gasteiger partial charge on any atom is -0.497 e. The van der Waals surface area contributed by atoms with Crippen molar-refractivity contribution >= 4 is 22.6 Å². The number of halogens is 1. The van der Waals surface area contributed by atoms with E-state index >= 15 is 0 Å². The molecule has 0 spiro atoms. The van der Waals surface area contributed by atoms with Gasteiger partial charge >= 0.3 is 0 Å². The average Bonchev–Trinajstić information content (AvgIpc) is 3.22. The normalized spacial score (nSPS) is 25.7. The van der Waals surface area contributed by atoms with E-state index in [0.29, 0.717) is 19.4 Å². The lowest BCUT2D eigenvalue weighted by molar-refractivity contribution is -0.184. The molecule has 1 aromatic rings. The Kier molecular flexibility index (Phi) is 14.2. The number of ether oxygens (including phenoxy) is 8. The number of methoxy groups -OCH3 is 2. The molecule has 0 amide bonds. The summed E-state index contributed by atoms with van der Waals surface area (Å²) in [6.07, 6.45) is 9.53. The zero-order valence-electron chi connectivity index (χ0n) is 23.9. The average molecular weight is 661 g/mol. The van der Waals surface area contributed by atoms with Crippen molar-refractivity contribution in [2.75, 3.05) is 27.6 Å². The van der Waals surface area contributed by atoms with E-state index in [2.05, 4.69) is 41.7 Å². The van der Waals surface area contributed by atoms with Crippen LogP contribution in [0.2, 0.25) is 0 Å². The molecule has 220 valence electrons. The predicted octanol–water partition coefficient (Wildman–Crippen LogP) is 6.31. The van der Waals surface area contributed by atoms with Crippen LogP contribution >= 0.6 is 22.6 Å². The third-order valence-corrected chi connectivity index (χ3v) is 7.03. The molecular weight excluding hydrogens is 615 g/mol. The minimum atomic E-state index is -0.697. The molecule has 0 N–H and O–H groups in total. The summed E-state index contributed by atoms with van der Waals surface area (Å²) in [7, 11) is 3.28. The first kappa shape index (κ1) is 32.5. The Morgan fingerprint density at radius 3 is 2.51 bits per heavy atom. The van der Waals surface area contributed by atoms with E-state index < -0.39 is 5.79 Å². The molecule has 2 aliphatic rings. The molecule has 0 saturated carbocycles. The van der Waals surface area contributed by atoms with Gasteiger partial charge in [-0.2, -0.15) is 0 Å². The van der Waals surface area contributed by atoms with Gasteiger partial charge in [-0.25, -0.2) is 0 Å². The maximum atomic E-state index is 6.41. The molecule has 0 aromatic heterocycles. The summed E-state index contributed by atoms with van der Waals surface area (Å²) in [5.41, 5.74) is 1.10. The molecule has 2 saturated heterocycles. The van der Waals surface area contributed by atoms with Crippen molar-refractivity contribution in [2.24, 2.45) is 0 Å². The molecule has 8 nitrogen and oxygen atoms in total. The van der Waals surface area contributed by atoms with Gasteiger partial charge in [-0.05, 0) is 67.9 Å². The SMILES string of the molecule is COCOC(/C=C\I)C[C@H]1OC(C)(C)O[C@@H]1/C=C/C(CC(C)OCc1ccc(OC)cc1)OC1CCCCO1. The summed E-state index contributed by atoms with van der Waals surface area (Å²) in [6.45, 7) is 7.41. The van der Waals surface area contributed by atoms with Gasteiger partial charge in [0.05, 0.1) is 38.1 Å². The van der Waals surface area contributed by atoms with Crippen LogP contribution < -0.4 is 4.74 Å². The van der Waals surface area contributed by atoms with Gasteiger partial charge in [0.25, 0.3) is 0 Å². The second-order valence-electron chi connectivity index (χ2n) is 10.4. The molecule has 0 radical (unpaired) electrons. The molecule has 0 aliphatic carbocycles. The van der Waals surface area contributed by atoms with E-state index in [1.165, 1.54) is 0 Å². The molecule has 1 aromatic carbocycles. The number of hydrogen-bond donors (Lipinski definition) is 0. The van der Waals surface area contributed by atoms with Crippen molar-refractivity contribution < 1.29 is 37.9 Å². The van der Waals surface area contributed by atoms with Gasteiger partial charge in [0.1, 0.15) is 18.6 Å². The topological polar surface area (TPSA) is 73.8 Å². The minimum absolute atomic E-state index is 0.0288. The molecular formula is C30H45IO8. The highest BCUT2D eigenvalue weighted by molar-refractivity contribution is 14.1. The lowest BCUT2D eigenvalue weighted by Gasteiger charge is -2.28. The van der Waals surface area contributed by atoms with Crippen molar-refractivity contribution in [1.82, 2.24) is 0 Å². The monoisotopic (exact) mass is 660 g/mol. The number of rotatable bonds is 16. The Labute approximate surface area is 247 Å². The van der Waals surface area contributed by atoms with Crippen molar-refractivity contribution in [1.29, 1.82) is 0 Å². The first-order valence-electron chi connectivity index (χ1n) is 13.7. The molecule has 9 heteroatoms. The third-order valence-electron chi connectivity index (χ3n) is 6.61. The van der Waals surface area contributed by atoms with Crippen LogP contribution in [0.15, 0.2) is 46.6 Å². The number of hydrogen-bond acceptors (Lipinski definition) is 8. The van der Waals surface area contributed by atoms with Crippen LogP contribution in [0.3, 0.4) is 0 Å². The Bertz CT molecular complexity index is 868. The second-order valence-corrected chi connectivity index (χ2v) is 11.1. The van der Waals surface area contributed by atoms with E-state index in [4.69, 9.17) is 37.9 Å². The summed E-state index contributed by atoms with van der Waals surface area (Å²) in [4.78, 5) is 0. The zero-order chi connectivity index (χ0) is 28.1. The molecule has 2 heterocycles. The van der Waals surface area contributed by atoms with Crippen LogP contribution in [0.1, 0.15) is 58.4 Å². The standard InChI is InChI=1S/C30H45IO8/c1-22(35-20-23-9-11-24(33-5)12-10-23)18-26(37-29-8-6-7-17-34-29)13-14-27-28(39-30(2,3)38-27)19-25(15-16-31)36-21-32-4/h9-16,22,25-29H,6-8,17-21H2,1-5H3/b14-13+,16-15-/t22?,25?,26?,27-,28-,29?/m1/s1. The van der Waals surface area contributed by atoms with Crippen molar-refractivity contribution in [3.05, 3.63) is 52.1 Å². The van der Waals surface area contributed by atoms with E-state index in [1.54, 1.807) is 14.2 Å². The van der Waals surface area contributed by atoms with Crippen LogP contribution in [0.5, 0.6) is 5.75 Å².